The van der Waals surface area contributed by atoms with Gasteiger partial charge in [0.15, 0.2) is 0 Å². The molecule has 0 aliphatic carbocycles. The number of rotatable bonds is 3. The van der Waals surface area contributed by atoms with E-state index in [9.17, 15) is 0 Å². The Balaban J connectivity index is 1.92. The monoisotopic (exact) mass is 329 g/mol. The second-order valence-electron chi connectivity index (χ2n) is 4.80. The van der Waals surface area contributed by atoms with Crippen molar-refractivity contribution in [3.05, 3.63) is 69.8 Å². The Labute approximate surface area is 139 Å². The molecule has 4 heteroatoms. The minimum Gasteiger partial charge on any atom is -0.497 e. The molecule has 0 spiro atoms. The molecular formula is C18H13Cl2NO. The van der Waals surface area contributed by atoms with E-state index in [1.807, 2.05) is 60.7 Å². The van der Waals surface area contributed by atoms with Crippen molar-refractivity contribution in [3.63, 3.8) is 0 Å². The number of ether oxygens (including phenoxy) is 1. The number of pyridine rings is 1. The molecule has 0 atom stereocenters. The Morgan fingerprint density at radius 2 is 1.73 bits per heavy atom. The predicted octanol–water partition coefficient (Wildman–Crippen LogP) is 5.72. The average molecular weight is 330 g/mol. The highest BCUT2D eigenvalue weighted by molar-refractivity contribution is 6.36. The van der Waals surface area contributed by atoms with Gasteiger partial charge in [-0.2, -0.15) is 0 Å². The second-order valence-corrected chi connectivity index (χ2v) is 5.64. The van der Waals surface area contributed by atoms with Crippen LogP contribution in [0.5, 0.6) is 5.75 Å². The van der Waals surface area contributed by atoms with Crippen molar-refractivity contribution in [2.45, 2.75) is 0 Å². The van der Waals surface area contributed by atoms with Crippen LogP contribution in [0.15, 0.2) is 48.5 Å². The number of benzene rings is 2. The molecule has 0 saturated heterocycles. The van der Waals surface area contributed by atoms with E-state index in [-0.39, 0.29) is 0 Å². The highest BCUT2D eigenvalue weighted by Gasteiger charge is 2.03. The van der Waals surface area contributed by atoms with Gasteiger partial charge < -0.3 is 4.74 Å². The minimum absolute atomic E-state index is 0.641. The molecule has 2 aromatic carbocycles. The van der Waals surface area contributed by atoms with Gasteiger partial charge in [-0.3, -0.25) is 0 Å². The first-order chi connectivity index (χ1) is 10.7. The number of hydrogen-bond acceptors (Lipinski definition) is 2. The molecule has 0 N–H and O–H groups in total. The number of nitrogens with zero attached hydrogens (tertiary/aromatic N) is 1. The third-order valence-electron chi connectivity index (χ3n) is 3.30. The molecule has 0 saturated carbocycles. The van der Waals surface area contributed by atoms with Gasteiger partial charge in [0, 0.05) is 10.4 Å². The Hall–Kier alpha value is -2.03. The van der Waals surface area contributed by atoms with Crippen LogP contribution in [-0.2, 0) is 0 Å². The SMILES string of the molecule is COc1ccc(/C=C/c2cc(Cl)c3cc(Cl)ccc3n2)cc1. The van der Waals surface area contributed by atoms with E-state index in [2.05, 4.69) is 4.98 Å². The molecule has 0 bridgehead atoms. The highest BCUT2D eigenvalue weighted by atomic mass is 35.5. The first kappa shape index (κ1) is 14.9. The lowest BCUT2D eigenvalue weighted by atomic mass is 10.1. The maximum atomic E-state index is 6.31. The van der Waals surface area contributed by atoms with Crippen molar-refractivity contribution in [3.8, 4) is 5.75 Å². The van der Waals surface area contributed by atoms with E-state index in [4.69, 9.17) is 27.9 Å². The number of hydrogen-bond donors (Lipinski definition) is 0. The van der Waals surface area contributed by atoms with Gasteiger partial charge >= 0.3 is 0 Å². The summed E-state index contributed by atoms with van der Waals surface area (Å²) in [6.45, 7) is 0. The van der Waals surface area contributed by atoms with Crippen LogP contribution in [0.2, 0.25) is 10.0 Å². The summed E-state index contributed by atoms with van der Waals surface area (Å²) >= 11 is 12.3. The van der Waals surface area contributed by atoms with Gasteiger partial charge in [-0.05, 0) is 48.0 Å². The predicted molar refractivity (Wildman–Crippen MR) is 93.7 cm³/mol. The largest absolute Gasteiger partial charge is 0.497 e. The Morgan fingerprint density at radius 3 is 2.45 bits per heavy atom. The molecule has 3 rings (SSSR count). The van der Waals surface area contributed by atoms with E-state index in [1.165, 1.54) is 0 Å². The highest BCUT2D eigenvalue weighted by Crippen LogP contribution is 2.26. The van der Waals surface area contributed by atoms with Gasteiger partial charge in [0.2, 0.25) is 0 Å². The molecule has 3 aromatic rings. The number of aromatic nitrogens is 1. The zero-order chi connectivity index (χ0) is 15.5. The van der Waals surface area contributed by atoms with Crippen LogP contribution in [-0.4, -0.2) is 12.1 Å². The molecule has 0 aliphatic heterocycles. The molecule has 0 amide bonds. The topological polar surface area (TPSA) is 22.1 Å². The summed E-state index contributed by atoms with van der Waals surface area (Å²) in [5.41, 5.74) is 2.69. The quantitative estimate of drug-likeness (QED) is 0.613. The van der Waals surface area contributed by atoms with E-state index in [0.717, 1.165) is 27.9 Å². The fraction of sp³-hybridized carbons (Fsp3) is 0.0556. The molecular weight excluding hydrogens is 317 g/mol. The van der Waals surface area contributed by atoms with E-state index in [1.54, 1.807) is 7.11 Å². The maximum Gasteiger partial charge on any atom is 0.118 e. The summed E-state index contributed by atoms with van der Waals surface area (Å²) in [4.78, 5) is 4.57. The van der Waals surface area contributed by atoms with Crippen molar-refractivity contribution in [1.82, 2.24) is 4.98 Å². The Bertz CT molecular complexity index is 842. The van der Waals surface area contributed by atoms with E-state index < -0.39 is 0 Å². The summed E-state index contributed by atoms with van der Waals surface area (Å²) in [5.74, 6) is 0.834. The van der Waals surface area contributed by atoms with Gasteiger partial charge in [-0.15, -0.1) is 0 Å². The smallest absolute Gasteiger partial charge is 0.118 e. The van der Waals surface area contributed by atoms with E-state index in [0.29, 0.717) is 10.0 Å². The van der Waals surface area contributed by atoms with Crippen LogP contribution in [0.3, 0.4) is 0 Å². The summed E-state index contributed by atoms with van der Waals surface area (Å²) in [5, 5.41) is 2.15. The van der Waals surface area contributed by atoms with Crippen molar-refractivity contribution >= 4 is 46.3 Å². The number of methoxy groups -OCH3 is 1. The van der Waals surface area contributed by atoms with Crippen LogP contribution in [0.1, 0.15) is 11.3 Å². The normalized spacial score (nSPS) is 11.2. The third-order valence-corrected chi connectivity index (χ3v) is 3.85. The standard InChI is InChI=1S/C18H13Cl2NO/c1-22-15-7-3-12(4-8-15)2-6-14-11-17(20)16-10-13(19)5-9-18(16)21-14/h2-11H,1H3/b6-2+. The zero-order valence-corrected chi connectivity index (χ0v) is 13.4. The first-order valence-corrected chi connectivity index (χ1v) is 7.49. The molecule has 22 heavy (non-hydrogen) atoms. The molecule has 0 radical (unpaired) electrons. The van der Waals surface area contributed by atoms with Gasteiger partial charge in [-0.1, -0.05) is 41.4 Å². The van der Waals surface area contributed by atoms with E-state index >= 15 is 0 Å². The third kappa shape index (κ3) is 3.24. The Kier molecular flexibility index (Phi) is 4.32. The lowest BCUT2D eigenvalue weighted by Gasteiger charge is -2.03. The summed E-state index contributed by atoms with van der Waals surface area (Å²) in [6, 6.07) is 15.1. The first-order valence-electron chi connectivity index (χ1n) is 6.73. The van der Waals surface area contributed by atoms with Crippen LogP contribution in [0.4, 0.5) is 0 Å². The lowest BCUT2D eigenvalue weighted by molar-refractivity contribution is 0.415. The molecule has 0 fully saturated rings. The van der Waals surface area contributed by atoms with Gasteiger partial charge in [-0.25, -0.2) is 4.98 Å². The molecule has 0 unspecified atom stereocenters. The van der Waals surface area contributed by atoms with Crippen LogP contribution in [0, 0.1) is 0 Å². The summed E-state index contributed by atoms with van der Waals surface area (Å²) in [6.07, 6.45) is 3.92. The van der Waals surface area contributed by atoms with Crippen LogP contribution < -0.4 is 4.74 Å². The average Bonchev–Trinajstić information content (AvgIpc) is 2.54. The zero-order valence-electron chi connectivity index (χ0n) is 11.9. The minimum atomic E-state index is 0.641. The maximum absolute atomic E-state index is 6.31. The van der Waals surface area contributed by atoms with Gasteiger partial charge in [0.1, 0.15) is 5.75 Å². The fourth-order valence-corrected chi connectivity index (χ4v) is 2.59. The molecule has 1 heterocycles. The van der Waals surface area contributed by atoms with Crippen molar-refractivity contribution in [2.75, 3.05) is 7.11 Å². The molecule has 2 nitrogen and oxygen atoms in total. The Morgan fingerprint density at radius 1 is 0.955 bits per heavy atom. The van der Waals surface area contributed by atoms with Crippen molar-refractivity contribution in [2.24, 2.45) is 0 Å². The number of halogens is 2. The van der Waals surface area contributed by atoms with Gasteiger partial charge in [0.25, 0.3) is 0 Å². The molecule has 110 valence electrons. The molecule has 1 aromatic heterocycles. The number of fused-ring (bicyclic) bond motifs is 1. The van der Waals surface area contributed by atoms with Crippen LogP contribution >= 0.6 is 23.2 Å². The summed E-state index contributed by atoms with van der Waals surface area (Å²) in [7, 11) is 1.65. The van der Waals surface area contributed by atoms with Crippen molar-refractivity contribution < 1.29 is 4.74 Å². The van der Waals surface area contributed by atoms with Crippen LogP contribution in [0.25, 0.3) is 23.1 Å². The second kappa shape index (κ2) is 6.39. The summed E-state index contributed by atoms with van der Waals surface area (Å²) < 4.78 is 5.14. The fourth-order valence-electron chi connectivity index (χ4n) is 2.16. The molecule has 0 aliphatic rings. The van der Waals surface area contributed by atoms with Gasteiger partial charge in [0.05, 0.1) is 23.3 Å². The van der Waals surface area contributed by atoms with Crippen molar-refractivity contribution in [1.29, 1.82) is 0 Å². The lowest BCUT2D eigenvalue weighted by Crippen LogP contribution is -1.85.